The lowest BCUT2D eigenvalue weighted by Crippen LogP contribution is -2.33. The number of amides is 1. The molecule has 0 atom stereocenters. The largest absolute Gasteiger partial charge is 0.461 e. The van der Waals surface area contributed by atoms with Gasteiger partial charge in [-0.1, -0.05) is 41.8 Å². The fourth-order valence-corrected chi connectivity index (χ4v) is 3.26. The number of thiazole rings is 1. The van der Waals surface area contributed by atoms with Crippen LogP contribution >= 0.6 is 23.6 Å². The molecule has 0 unspecified atom stereocenters. The molecule has 0 saturated heterocycles. The maximum atomic E-state index is 12.6. The summed E-state index contributed by atoms with van der Waals surface area (Å²) < 4.78 is 5.06. The van der Waals surface area contributed by atoms with Gasteiger partial charge in [0.1, 0.15) is 4.99 Å². The maximum absolute atomic E-state index is 12.6. The van der Waals surface area contributed by atoms with Gasteiger partial charge in [0.15, 0.2) is 10.8 Å². The van der Waals surface area contributed by atoms with Gasteiger partial charge in [0, 0.05) is 26.7 Å². The second-order valence-electron chi connectivity index (χ2n) is 5.32. The van der Waals surface area contributed by atoms with E-state index in [4.69, 9.17) is 17.0 Å². The molecule has 1 amide bonds. The van der Waals surface area contributed by atoms with Gasteiger partial charge in [-0.3, -0.25) is 4.79 Å². The zero-order chi connectivity index (χ0) is 18.6. The van der Waals surface area contributed by atoms with Crippen molar-refractivity contribution in [2.75, 3.05) is 32.6 Å². The molecule has 6 nitrogen and oxygen atoms in total. The fraction of sp³-hybridized carbons (Fsp3) is 0.294. The molecule has 8 heteroatoms. The minimum Gasteiger partial charge on any atom is -0.461 e. The van der Waals surface area contributed by atoms with Crippen molar-refractivity contribution >= 4 is 45.6 Å². The molecular formula is C17H19N3O3S2. The molecule has 0 N–H and O–H groups in total. The summed E-state index contributed by atoms with van der Waals surface area (Å²) in [4.78, 5) is 32.9. The second-order valence-corrected chi connectivity index (χ2v) is 6.69. The lowest BCUT2D eigenvalue weighted by Gasteiger charge is -2.17. The summed E-state index contributed by atoms with van der Waals surface area (Å²) in [6, 6.07) is 8.83. The average Bonchev–Trinajstić information content (AvgIpc) is 3.06. The molecule has 25 heavy (non-hydrogen) atoms. The molecule has 0 fully saturated rings. The Bertz CT molecular complexity index is 788. The van der Waals surface area contributed by atoms with Gasteiger partial charge < -0.3 is 14.5 Å². The quantitative estimate of drug-likeness (QED) is 0.590. The van der Waals surface area contributed by atoms with Crippen LogP contribution in [0.1, 0.15) is 32.6 Å². The van der Waals surface area contributed by atoms with Gasteiger partial charge in [0.2, 0.25) is 0 Å². The third kappa shape index (κ3) is 4.21. The Hall–Kier alpha value is -2.32. The van der Waals surface area contributed by atoms with E-state index in [2.05, 4.69) is 4.98 Å². The van der Waals surface area contributed by atoms with Gasteiger partial charge in [-0.15, -0.1) is 0 Å². The van der Waals surface area contributed by atoms with Crippen LogP contribution in [-0.4, -0.2) is 54.5 Å². The van der Waals surface area contributed by atoms with Crippen LogP contribution in [0.15, 0.2) is 30.3 Å². The molecule has 0 aliphatic rings. The monoisotopic (exact) mass is 377 g/mol. The topological polar surface area (TPSA) is 62.7 Å². The van der Waals surface area contributed by atoms with E-state index >= 15 is 0 Å². The van der Waals surface area contributed by atoms with Gasteiger partial charge in [-0.25, -0.2) is 9.78 Å². The first-order valence-electron chi connectivity index (χ1n) is 7.59. The molecule has 2 aromatic rings. The van der Waals surface area contributed by atoms with Crippen LogP contribution in [0.2, 0.25) is 0 Å². The number of carbonyl (C=O) groups is 2. The van der Waals surface area contributed by atoms with E-state index in [0.29, 0.717) is 15.6 Å². The number of thiocarbonyl (C=S) groups is 1. The van der Waals surface area contributed by atoms with Crippen LogP contribution in [0.25, 0.3) is 0 Å². The molecule has 0 saturated carbocycles. The SMILES string of the molecule is CCOC(=O)c1nc(N(C)C)sc1C(=S)N(C)C(=O)c1ccccc1. The number of benzene rings is 1. The normalized spacial score (nSPS) is 10.2. The number of nitrogens with zero attached hydrogens (tertiary/aromatic N) is 3. The van der Waals surface area contributed by atoms with Gasteiger partial charge in [0.05, 0.1) is 11.5 Å². The van der Waals surface area contributed by atoms with E-state index in [1.54, 1.807) is 43.1 Å². The van der Waals surface area contributed by atoms with E-state index in [0.717, 1.165) is 0 Å². The molecule has 1 aromatic heterocycles. The average molecular weight is 377 g/mol. The van der Waals surface area contributed by atoms with Gasteiger partial charge in [0.25, 0.3) is 5.91 Å². The van der Waals surface area contributed by atoms with Crippen molar-refractivity contribution < 1.29 is 14.3 Å². The van der Waals surface area contributed by atoms with Crippen LogP contribution in [0.4, 0.5) is 5.13 Å². The second kappa shape index (κ2) is 8.17. The van der Waals surface area contributed by atoms with E-state index < -0.39 is 5.97 Å². The highest BCUT2D eigenvalue weighted by molar-refractivity contribution is 7.81. The Morgan fingerprint density at radius 2 is 1.84 bits per heavy atom. The van der Waals surface area contributed by atoms with Gasteiger partial charge >= 0.3 is 5.97 Å². The van der Waals surface area contributed by atoms with Crippen LogP contribution in [0.3, 0.4) is 0 Å². The Labute approximate surface area is 156 Å². The first-order chi connectivity index (χ1) is 11.9. The third-order valence-corrected chi connectivity index (χ3v) is 5.13. The van der Waals surface area contributed by atoms with Crippen molar-refractivity contribution in [2.24, 2.45) is 0 Å². The fourth-order valence-electron chi connectivity index (χ4n) is 2.00. The summed E-state index contributed by atoms with van der Waals surface area (Å²) in [5, 5.41) is 0.612. The van der Waals surface area contributed by atoms with Crippen molar-refractivity contribution in [2.45, 2.75) is 6.92 Å². The summed E-state index contributed by atoms with van der Waals surface area (Å²) in [6.45, 7) is 1.96. The van der Waals surface area contributed by atoms with E-state index in [9.17, 15) is 9.59 Å². The smallest absolute Gasteiger partial charge is 0.358 e. The Balaban J connectivity index is 2.37. The van der Waals surface area contributed by atoms with E-state index in [1.165, 1.54) is 16.2 Å². The standard InChI is InChI=1S/C17H19N3O3S2/c1-5-23-16(22)12-13(25-17(18-12)19(2)3)15(24)20(4)14(21)11-9-7-6-8-10-11/h6-10H,5H2,1-4H3. The lowest BCUT2D eigenvalue weighted by molar-refractivity contribution is 0.0519. The highest BCUT2D eigenvalue weighted by Gasteiger charge is 2.27. The molecule has 1 heterocycles. The van der Waals surface area contributed by atoms with E-state index in [-0.39, 0.29) is 23.2 Å². The maximum Gasteiger partial charge on any atom is 0.358 e. The molecule has 1 aromatic carbocycles. The molecule has 2 rings (SSSR count). The number of esters is 1. The highest BCUT2D eigenvalue weighted by atomic mass is 32.1. The molecule has 132 valence electrons. The number of aromatic nitrogens is 1. The lowest BCUT2D eigenvalue weighted by atomic mass is 10.2. The molecular weight excluding hydrogens is 358 g/mol. The summed E-state index contributed by atoms with van der Waals surface area (Å²) in [5.41, 5.74) is 0.649. The molecule has 0 radical (unpaired) electrons. The highest BCUT2D eigenvalue weighted by Crippen LogP contribution is 2.27. The van der Waals surface area contributed by atoms with Crippen molar-refractivity contribution in [1.82, 2.24) is 9.88 Å². The molecule has 0 aliphatic carbocycles. The van der Waals surface area contributed by atoms with Crippen molar-refractivity contribution in [3.05, 3.63) is 46.5 Å². The number of rotatable bonds is 5. The van der Waals surface area contributed by atoms with E-state index in [1.807, 2.05) is 20.2 Å². The first kappa shape index (κ1) is 19.0. The van der Waals surface area contributed by atoms with Crippen LogP contribution in [-0.2, 0) is 4.74 Å². The number of ether oxygens (including phenoxy) is 1. The van der Waals surface area contributed by atoms with Gasteiger partial charge in [-0.05, 0) is 19.1 Å². The van der Waals surface area contributed by atoms with Crippen molar-refractivity contribution in [1.29, 1.82) is 0 Å². The minimum absolute atomic E-state index is 0.133. The number of hydrogen-bond donors (Lipinski definition) is 0. The Kier molecular flexibility index (Phi) is 6.22. The summed E-state index contributed by atoms with van der Waals surface area (Å²) in [5.74, 6) is -0.801. The first-order valence-corrected chi connectivity index (χ1v) is 8.82. The van der Waals surface area contributed by atoms with Crippen LogP contribution in [0, 0.1) is 0 Å². The summed E-state index contributed by atoms with van der Waals surface area (Å²) >= 11 is 6.71. The van der Waals surface area contributed by atoms with Crippen LogP contribution < -0.4 is 4.90 Å². The van der Waals surface area contributed by atoms with Crippen LogP contribution in [0.5, 0.6) is 0 Å². The van der Waals surface area contributed by atoms with Gasteiger partial charge in [-0.2, -0.15) is 0 Å². The predicted molar refractivity (Wildman–Crippen MR) is 103 cm³/mol. The third-order valence-electron chi connectivity index (χ3n) is 3.29. The van der Waals surface area contributed by atoms with Crippen molar-refractivity contribution in [3.63, 3.8) is 0 Å². The predicted octanol–water partition coefficient (Wildman–Crippen LogP) is 2.83. The summed E-state index contributed by atoms with van der Waals surface area (Å²) in [7, 11) is 5.22. The summed E-state index contributed by atoms with van der Waals surface area (Å²) in [6.07, 6.45) is 0. The minimum atomic E-state index is -0.551. The zero-order valence-corrected chi connectivity index (χ0v) is 16.1. The Morgan fingerprint density at radius 1 is 1.20 bits per heavy atom. The molecule has 0 bridgehead atoms. The number of carbonyl (C=O) groups excluding carboxylic acids is 2. The van der Waals surface area contributed by atoms with Crippen molar-refractivity contribution in [3.8, 4) is 0 Å². The molecule has 0 spiro atoms. The zero-order valence-electron chi connectivity index (χ0n) is 14.5. The Morgan fingerprint density at radius 3 is 2.40 bits per heavy atom. The number of anilines is 1. The molecule has 0 aliphatic heterocycles. The number of hydrogen-bond acceptors (Lipinski definition) is 7.